The maximum Gasteiger partial charge on any atom is 0.257 e. The van der Waals surface area contributed by atoms with Crippen LogP contribution in [0.25, 0.3) is 11.3 Å². The van der Waals surface area contributed by atoms with E-state index in [0.717, 1.165) is 17.7 Å². The van der Waals surface area contributed by atoms with Crippen molar-refractivity contribution < 1.29 is 5.11 Å². The topological polar surface area (TPSA) is 42.2 Å². The zero-order valence-electron chi connectivity index (χ0n) is 14.1. The molecule has 3 nitrogen and oxygen atoms in total. The molecule has 1 aromatic carbocycles. The number of hydrogen-bond acceptors (Lipinski definition) is 2. The summed E-state index contributed by atoms with van der Waals surface area (Å²) in [5.74, 6) is 0. The number of aliphatic hydroxyl groups is 1. The average molecular weight is 299 g/mol. The highest BCUT2D eigenvalue weighted by molar-refractivity contribution is 5.62. The van der Waals surface area contributed by atoms with Gasteiger partial charge in [-0.3, -0.25) is 4.79 Å². The van der Waals surface area contributed by atoms with E-state index in [9.17, 15) is 9.90 Å². The second-order valence-electron chi connectivity index (χ2n) is 6.45. The molecule has 22 heavy (non-hydrogen) atoms. The molecule has 0 atom stereocenters. The second kappa shape index (κ2) is 6.09. The van der Waals surface area contributed by atoms with Gasteiger partial charge in [0.15, 0.2) is 0 Å². The first kappa shape index (κ1) is 16.5. The van der Waals surface area contributed by atoms with E-state index < -0.39 is 5.60 Å². The molecule has 0 spiro atoms. The molecule has 1 N–H and O–H groups in total. The van der Waals surface area contributed by atoms with Crippen LogP contribution >= 0.6 is 0 Å². The fourth-order valence-electron chi connectivity index (χ4n) is 2.64. The van der Waals surface area contributed by atoms with E-state index in [1.807, 2.05) is 19.1 Å². The molecule has 2 rings (SSSR count). The summed E-state index contributed by atoms with van der Waals surface area (Å²) < 4.78 is 1.78. The van der Waals surface area contributed by atoms with Crippen LogP contribution in [0.1, 0.15) is 43.9 Å². The van der Waals surface area contributed by atoms with Crippen molar-refractivity contribution in [3.63, 3.8) is 0 Å². The summed E-state index contributed by atoms with van der Waals surface area (Å²) >= 11 is 0. The number of rotatable bonds is 4. The summed E-state index contributed by atoms with van der Waals surface area (Å²) in [7, 11) is 0. The molecule has 0 bridgehead atoms. The monoisotopic (exact) mass is 299 g/mol. The molecule has 0 unspecified atom stereocenters. The summed E-state index contributed by atoms with van der Waals surface area (Å²) in [5, 5.41) is 10.2. The number of aryl methyl sites for hydroxylation is 2. The lowest BCUT2D eigenvalue weighted by Crippen LogP contribution is -2.32. The van der Waals surface area contributed by atoms with Crippen LogP contribution in [0.3, 0.4) is 0 Å². The normalized spacial score (nSPS) is 11.7. The zero-order valence-corrected chi connectivity index (χ0v) is 14.1. The van der Waals surface area contributed by atoms with Gasteiger partial charge in [-0.2, -0.15) is 0 Å². The minimum Gasteiger partial charge on any atom is -0.386 e. The third-order valence-electron chi connectivity index (χ3n) is 4.08. The Kier molecular flexibility index (Phi) is 4.57. The van der Waals surface area contributed by atoms with Crippen molar-refractivity contribution in [2.45, 2.75) is 53.2 Å². The molecule has 0 aliphatic heterocycles. The summed E-state index contributed by atoms with van der Waals surface area (Å²) in [6.45, 7) is 10.1. The SMILES string of the molecule is CCCn1c(-c2ccc(C)c(C)c2)ccc(C(C)(C)O)c1=O. The Labute approximate surface area is 132 Å². The highest BCUT2D eigenvalue weighted by Crippen LogP contribution is 2.24. The van der Waals surface area contributed by atoms with Gasteiger partial charge in [0.25, 0.3) is 5.56 Å². The van der Waals surface area contributed by atoms with Crippen molar-refractivity contribution in [1.29, 1.82) is 0 Å². The summed E-state index contributed by atoms with van der Waals surface area (Å²) in [6.07, 6.45) is 0.868. The minimum atomic E-state index is -1.13. The average Bonchev–Trinajstić information content (AvgIpc) is 2.43. The van der Waals surface area contributed by atoms with Gasteiger partial charge in [-0.15, -0.1) is 0 Å². The van der Waals surface area contributed by atoms with Gasteiger partial charge in [0.2, 0.25) is 0 Å². The van der Waals surface area contributed by atoms with Gasteiger partial charge >= 0.3 is 0 Å². The van der Waals surface area contributed by atoms with Crippen molar-refractivity contribution >= 4 is 0 Å². The molecule has 0 aliphatic rings. The Morgan fingerprint density at radius 1 is 1.09 bits per heavy atom. The van der Waals surface area contributed by atoms with Crippen molar-refractivity contribution in [3.05, 3.63) is 57.4 Å². The molecule has 0 amide bonds. The third kappa shape index (κ3) is 3.14. The van der Waals surface area contributed by atoms with Crippen LogP contribution in [0, 0.1) is 13.8 Å². The first-order chi connectivity index (χ1) is 10.3. The zero-order chi connectivity index (χ0) is 16.5. The van der Waals surface area contributed by atoms with Crippen LogP contribution in [0.2, 0.25) is 0 Å². The number of pyridine rings is 1. The van der Waals surface area contributed by atoms with E-state index in [0.29, 0.717) is 12.1 Å². The Bertz CT molecular complexity index is 736. The Hall–Kier alpha value is -1.87. The molecular formula is C19H25NO2. The highest BCUT2D eigenvalue weighted by atomic mass is 16.3. The molecule has 0 aliphatic carbocycles. The molecule has 0 radical (unpaired) electrons. The molecule has 0 fully saturated rings. The van der Waals surface area contributed by atoms with E-state index in [-0.39, 0.29) is 5.56 Å². The standard InChI is InChI=1S/C19H25NO2/c1-6-11-20-17(15-8-7-13(2)14(3)12-15)10-9-16(18(20)21)19(4,5)22/h7-10,12,22H,6,11H2,1-5H3. The van der Waals surface area contributed by atoms with Gasteiger partial charge in [0, 0.05) is 12.1 Å². The molecule has 1 heterocycles. The van der Waals surface area contributed by atoms with Gasteiger partial charge in [-0.1, -0.05) is 19.1 Å². The lowest BCUT2D eigenvalue weighted by Gasteiger charge is -2.21. The van der Waals surface area contributed by atoms with Gasteiger partial charge in [0.1, 0.15) is 0 Å². The van der Waals surface area contributed by atoms with Crippen LogP contribution in [0.4, 0.5) is 0 Å². The molecule has 2 aromatic rings. The van der Waals surface area contributed by atoms with Crippen molar-refractivity contribution in [2.24, 2.45) is 0 Å². The number of hydrogen-bond donors (Lipinski definition) is 1. The van der Waals surface area contributed by atoms with Gasteiger partial charge in [-0.25, -0.2) is 0 Å². The highest BCUT2D eigenvalue weighted by Gasteiger charge is 2.22. The maximum atomic E-state index is 12.8. The van der Waals surface area contributed by atoms with Crippen LogP contribution in [-0.2, 0) is 12.1 Å². The van der Waals surface area contributed by atoms with Gasteiger partial charge < -0.3 is 9.67 Å². The minimum absolute atomic E-state index is 0.106. The van der Waals surface area contributed by atoms with Crippen LogP contribution < -0.4 is 5.56 Å². The van der Waals surface area contributed by atoms with E-state index in [1.54, 1.807) is 24.5 Å². The second-order valence-corrected chi connectivity index (χ2v) is 6.45. The van der Waals surface area contributed by atoms with Gasteiger partial charge in [0.05, 0.1) is 11.3 Å². The molecule has 3 heteroatoms. The van der Waals surface area contributed by atoms with Crippen LogP contribution in [0.15, 0.2) is 35.1 Å². The number of nitrogens with zero attached hydrogens (tertiary/aromatic N) is 1. The lowest BCUT2D eigenvalue weighted by molar-refractivity contribution is 0.0765. The van der Waals surface area contributed by atoms with E-state index in [4.69, 9.17) is 0 Å². The summed E-state index contributed by atoms with van der Waals surface area (Å²) in [5.41, 5.74) is 3.59. The summed E-state index contributed by atoms with van der Waals surface area (Å²) in [6, 6.07) is 9.93. The Morgan fingerprint density at radius 3 is 2.32 bits per heavy atom. The third-order valence-corrected chi connectivity index (χ3v) is 4.08. The first-order valence-electron chi connectivity index (χ1n) is 7.80. The predicted octanol–water partition coefficient (Wildman–Crippen LogP) is 3.77. The van der Waals surface area contributed by atoms with Crippen molar-refractivity contribution in [3.8, 4) is 11.3 Å². The lowest BCUT2D eigenvalue weighted by atomic mass is 9.97. The largest absolute Gasteiger partial charge is 0.386 e. The summed E-state index contributed by atoms with van der Waals surface area (Å²) in [4.78, 5) is 12.8. The maximum absolute atomic E-state index is 12.8. The number of aromatic nitrogens is 1. The quantitative estimate of drug-likeness (QED) is 0.933. The number of benzene rings is 1. The predicted molar refractivity (Wildman–Crippen MR) is 91.1 cm³/mol. The van der Waals surface area contributed by atoms with Gasteiger partial charge in [-0.05, 0) is 69.0 Å². The van der Waals surface area contributed by atoms with Crippen LogP contribution in [-0.4, -0.2) is 9.67 Å². The Balaban J connectivity index is 2.68. The fraction of sp³-hybridized carbons (Fsp3) is 0.421. The van der Waals surface area contributed by atoms with E-state index >= 15 is 0 Å². The molecule has 118 valence electrons. The first-order valence-corrected chi connectivity index (χ1v) is 7.80. The van der Waals surface area contributed by atoms with Crippen molar-refractivity contribution in [2.75, 3.05) is 0 Å². The molecule has 0 saturated carbocycles. The molecule has 0 saturated heterocycles. The fourth-order valence-corrected chi connectivity index (χ4v) is 2.64. The smallest absolute Gasteiger partial charge is 0.257 e. The van der Waals surface area contributed by atoms with E-state index in [2.05, 4.69) is 26.0 Å². The molecule has 1 aromatic heterocycles. The van der Waals surface area contributed by atoms with E-state index in [1.165, 1.54) is 11.1 Å². The molecular weight excluding hydrogens is 274 g/mol. The van der Waals surface area contributed by atoms with Crippen LogP contribution in [0.5, 0.6) is 0 Å². The van der Waals surface area contributed by atoms with Crippen molar-refractivity contribution in [1.82, 2.24) is 4.57 Å². The Morgan fingerprint density at radius 2 is 1.77 bits per heavy atom.